The van der Waals surface area contributed by atoms with Crippen molar-refractivity contribution in [3.05, 3.63) is 59.7 Å². The van der Waals surface area contributed by atoms with E-state index in [1.165, 1.54) is 12.1 Å². The number of piperazine rings is 1. The normalized spacial score (nSPS) is 23.4. The van der Waals surface area contributed by atoms with Gasteiger partial charge in [0.2, 0.25) is 5.91 Å². The highest BCUT2D eigenvalue weighted by atomic mass is 19.3. The lowest BCUT2D eigenvalue weighted by Crippen LogP contribution is -2.59. The number of fused-ring (bicyclic) bond motifs is 1. The Balaban J connectivity index is 1.58. The van der Waals surface area contributed by atoms with Gasteiger partial charge in [0.1, 0.15) is 23.2 Å². The first-order chi connectivity index (χ1) is 14.7. The molecule has 2 aliphatic rings. The highest BCUT2D eigenvalue weighted by Gasteiger charge is 2.47. The summed E-state index contributed by atoms with van der Waals surface area (Å²) in [6, 6.07) is 13.6. The Morgan fingerprint density at radius 1 is 1.19 bits per heavy atom. The molecule has 2 atom stereocenters. The highest BCUT2D eigenvalue weighted by Crippen LogP contribution is 2.44. The molecule has 0 saturated carbocycles. The summed E-state index contributed by atoms with van der Waals surface area (Å²) in [6.07, 6.45) is -1.04. The SMILES string of the molecule is CC1(C)Oc2ccc(OC(F)F)cc2C(N2CCN(Cc3ccccc3)CC2=O)C1O. The summed E-state index contributed by atoms with van der Waals surface area (Å²) in [7, 11) is 0. The fraction of sp³-hybridized carbons (Fsp3) is 0.435. The van der Waals surface area contributed by atoms with Crippen molar-refractivity contribution < 1.29 is 28.2 Å². The summed E-state index contributed by atoms with van der Waals surface area (Å²) in [5, 5.41) is 11.1. The van der Waals surface area contributed by atoms with Crippen LogP contribution in [0.2, 0.25) is 0 Å². The molecular formula is C23H26F2N2O4. The molecular weight excluding hydrogens is 406 g/mol. The van der Waals surface area contributed by atoms with Crippen molar-refractivity contribution in [1.82, 2.24) is 9.80 Å². The van der Waals surface area contributed by atoms with Crippen molar-refractivity contribution in [2.24, 2.45) is 0 Å². The lowest BCUT2D eigenvalue weighted by Gasteiger charge is -2.48. The summed E-state index contributed by atoms with van der Waals surface area (Å²) >= 11 is 0. The van der Waals surface area contributed by atoms with Crippen LogP contribution in [0.15, 0.2) is 48.5 Å². The van der Waals surface area contributed by atoms with Crippen LogP contribution >= 0.6 is 0 Å². The molecule has 31 heavy (non-hydrogen) atoms. The molecule has 2 heterocycles. The van der Waals surface area contributed by atoms with Crippen LogP contribution in [-0.2, 0) is 11.3 Å². The van der Waals surface area contributed by atoms with Crippen molar-refractivity contribution in [2.45, 2.75) is 44.8 Å². The Morgan fingerprint density at radius 3 is 2.61 bits per heavy atom. The van der Waals surface area contributed by atoms with E-state index in [0.29, 0.717) is 30.9 Å². The Kier molecular flexibility index (Phi) is 5.85. The smallest absolute Gasteiger partial charge is 0.387 e. The number of hydrogen-bond donors (Lipinski definition) is 1. The first-order valence-electron chi connectivity index (χ1n) is 10.3. The molecule has 6 nitrogen and oxygen atoms in total. The fourth-order valence-electron chi connectivity index (χ4n) is 4.26. The van der Waals surface area contributed by atoms with Crippen LogP contribution in [0.1, 0.15) is 31.0 Å². The minimum atomic E-state index is -2.97. The predicted octanol–water partition coefficient (Wildman–Crippen LogP) is 3.21. The number of rotatable bonds is 5. The largest absolute Gasteiger partial charge is 0.485 e. The van der Waals surface area contributed by atoms with Crippen molar-refractivity contribution in [1.29, 1.82) is 0 Å². The van der Waals surface area contributed by atoms with Crippen LogP contribution in [0.3, 0.4) is 0 Å². The summed E-state index contributed by atoms with van der Waals surface area (Å²) in [4.78, 5) is 16.8. The van der Waals surface area contributed by atoms with E-state index in [4.69, 9.17) is 4.74 Å². The number of halogens is 2. The number of nitrogens with zero attached hydrogens (tertiary/aromatic N) is 2. The molecule has 8 heteroatoms. The second-order valence-electron chi connectivity index (χ2n) is 8.46. The first kappa shape index (κ1) is 21.5. The summed E-state index contributed by atoms with van der Waals surface area (Å²) in [5.41, 5.74) is 0.634. The van der Waals surface area contributed by atoms with Gasteiger partial charge in [-0.2, -0.15) is 8.78 Å². The minimum Gasteiger partial charge on any atom is -0.485 e. The molecule has 1 amide bonds. The van der Waals surface area contributed by atoms with E-state index in [0.717, 1.165) is 5.56 Å². The number of carbonyl (C=O) groups is 1. The van der Waals surface area contributed by atoms with Crippen LogP contribution in [-0.4, -0.2) is 58.8 Å². The van der Waals surface area contributed by atoms with Crippen LogP contribution in [0.5, 0.6) is 11.5 Å². The molecule has 4 rings (SSSR count). The number of carbonyl (C=O) groups excluding carboxylic acids is 1. The number of benzene rings is 2. The molecule has 0 spiro atoms. The quantitative estimate of drug-likeness (QED) is 0.786. The van der Waals surface area contributed by atoms with Crippen molar-refractivity contribution >= 4 is 5.91 Å². The number of aliphatic hydroxyl groups is 1. The maximum Gasteiger partial charge on any atom is 0.387 e. The number of aliphatic hydroxyl groups excluding tert-OH is 1. The number of amides is 1. The average molecular weight is 432 g/mol. The summed E-state index contributed by atoms with van der Waals surface area (Å²) in [5.74, 6) is 0.279. The molecule has 1 saturated heterocycles. The van der Waals surface area contributed by atoms with Crippen LogP contribution < -0.4 is 9.47 Å². The zero-order chi connectivity index (χ0) is 22.2. The molecule has 0 bridgehead atoms. The topological polar surface area (TPSA) is 62.2 Å². The monoisotopic (exact) mass is 432 g/mol. The van der Waals surface area contributed by atoms with Crippen LogP contribution in [0.4, 0.5) is 8.78 Å². The van der Waals surface area contributed by atoms with E-state index in [-0.39, 0.29) is 18.2 Å². The molecule has 2 aliphatic heterocycles. The third kappa shape index (κ3) is 4.50. The van der Waals surface area contributed by atoms with E-state index >= 15 is 0 Å². The molecule has 2 aromatic rings. The zero-order valence-electron chi connectivity index (χ0n) is 17.5. The van der Waals surface area contributed by atoms with Gasteiger partial charge in [0.15, 0.2) is 0 Å². The maximum atomic E-state index is 13.1. The summed E-state index contributed by atoms with van der Waals surface area (Å²) < 4.78 is 35.9. The predicted molar refractivity (Wildman–Crippen MR) is 110 cm³/mol. The second-order valence-corrected chi connectivity index (χ2v) is 8.46. The first-order valence-corrected chi connectivity index (χ1v) is 10.3. The minimum absolute atomic E-state index is 0.0376. The van der Waals surface area contributed by atoms with Gasteiger partial charge in [-0.1, -0.05) is 30.3 Å². The second kappa shape index (κ2) is 8.43. The molecule has 2 unspecified atom stereocenters. The highest BCUT2D eigenvalue weighted by molar-refractivity contribution is 5.80. The van der Waals surface area contributed by atoms with Gasteiger partial charge >= 0.3 is 6.61 Å². The third-order valence-electron chi connectivity index (χ3n) is 5.83. The Labute approximate surface area is 180 Å². The molecule has 0 aliphatic carbocycles. The lowest BCUT2D eigenvalue weighted by molar-refractivity contribution is -0.150. The van der Waals surface area contributed by atoms with Gasteiger partial charge in [0.05, 0.1) is 12.6 Å². The number of ether oxygens (including phenoxy) is 2. The Hall–Kier alpha value is -2.71. The van der Waals surface area contributed by atoms with Gasteiger partial charge in [-0.3, -0.25) is 9.69 Å². The Bertz CT molecular complexity index is 938. The Morgan fingerprint density at radius 2 is 1.94 bits per heavy atom. The van der Waals surface area contributed by atoms with Crippen LogP contribution in [0.25, 0.3) is 0 Å². The van der Waals surface area contributed by atoms with E-state index in [9.17, 15) is 18.7 Å². The average Bonchev–Trinajstić information content (AvgIpc) is 2.71. The molecule has 1 fully saturated rings. The molecule has 0 aromatic heterocycles. The molecule has 0 radical (unpaired) electrons. The zero-order valence-corrected chi connectivity index (χ0v) is 17.5. The van der Waals surface area contributed by atoms with Gasteiger partial charge in [-0.25, -0.2) is 0 Å². The van der Waals surface area contributed by atoms with E-state index in [2.05, 4.69) is 9.64 Å². The fourth-order valence-corrected chi connectivity index (χ4v) is 4.26. The van der Waals surface area contributed by atoms with E-state index in [1.807, 2.05) is 30.3 Å². The van der Waals surface area contributed by atoms with Gasteiger partial charge in [-0.15, -0.1) is 0 Å². The molecule has 1 N–H and O–H groups in total. The van der Waals surface area contributed by atoms with E-state index in [1.54, 1.807) is 24.8 Å². The van der Waals surface area contributed by atoms with Gasteiger partial charge in [-0.05, 0) is 37.6 Å². The number of hydrogen-bond acceptors (Lipinski definition) is 5. The standard InChI is InChI=1S/C23H26F2N2O4/c1-23(2)21(29)20(17-12-16(30-22(24)25)8-9-18(17)31-23)27-11-10-26(14-19(27)28)13-15-6-4-3-5-7-15/h3-9,12,20-22,29H,10-11,13-14H2,1-2H3. The van der Waals surface area contributed by atoms with Crippen LogP contribution in [0, 0.1) is 0 Å². The molecule has 166 valence electrons. The maximum absolute atomic E-state index is 13.1. The van der Waals surface area contributed by atoms with Crippen molar-refractivity contribution in [3.63, 3.8) is 0 Å². The van der Waals surface area contributed by atoms with Crippen molar-refractivity contribution in [3.8, 4) is 11.5 Å². The van der Waals surface area contributed by atoms with E-state index < -0.39 is 24.4 Å². The third-order valence-corrected chi connectivity index (χ3v) is 5.83. The van der Waals surface area contributed by atoms with Gasteiger partial charge < -0.3 is 19.5 Å². The summed E-state index contributed by atoms with van der Waals surface area (Å²) in [6.45, 7) is 2.43. The van der Waals surface area contributed by atoms with Gasteiger partial charge in [0.25, 0.3) is 0 Å². The van der Waals surface area contributed by atoms with Crippen molar-refractivity contribution in [2.75, 3.05) is 19.6 Å². The molecule has 2 aromatic carbocycles. The lowest BCUT2D eigenvalue weighted by atomic mass is 9.85. The van der Waals surface area contributed by atoms with Gasteiger partial charge in [0, 0.05) is 25.2 Å². The number of alkyl halides is 2.